The number of amides is 1. The number of methoxy groups -OCH3 is 2. The van der Waals surface area contributed by atoms with E-state index in [9.17, 15) is 4.79 Å². The lowest BCUT2D eigenvalue weighted by molar-refractivity contribution is -0.122. The predicted octanol–water partition coefficient (Wildman–Crippen LogP) is 2.32. The number of ether oxygens (including phenoxy) is 2. The molecule has 5 heteroatoms. The smallest absolute Gasteiger partial charge is 0.220 e. The highest BCUT2D eigenvalue weighted by Gasteiger charge is 2.32. The summed E-state index contributed by atoms with van der Waals surface area (Å²) >= 11 is 0. The van der Waals surface area contributed by atoms with Gasteiger partial charge >= 0.3 is 0 Å². The van der Waals surface area contributed by atoms with E-state index in [4.69, 9.17) is 9.47 Å². The molecule has 0 aliphatic carbocycles. The Labute approximate surface area is 145 Å². The van der Waals surface area contributed by atoms with Crippen LogP contribution in [0.5, 0.6) is 5.75 Å². The molecule has 0 spiro atoms. The number of benzene rings is 1. The van der Waals surface area contributed by atoms with Crippen molar-refractivity contribution in [3.8, 4) is 5.75 Å². The lowest BCUT2D eigenvalue weighted by atomic mass is 9.79. The first kappa shape index (κ1) is 18.7. The third-order valence-corrected chi connectivity index (χ3v) is 4.95. The van der Waals surface area contributed by atoms with Crippen LogP contribution in [0.4, 0.5) is 0 Å². The van der Waals surface area contributed by atoms with Crippen molar-refractivity contribution in [1.82, 2.24) is 10.6 Å². The first-order valence-corrected chi connectivity index (χ1v) is 8.69. The molecule has 1 aromatic rings. The van der Waals surface area contributed by atoms with E-state index in [1.54, 1.807) is 14.2 Å². The summed E-state index contributed by atoms with van der Waals surface area (Å²) in [5, 5.41) is 6.50. The van der Waals surface area contributed by atoms with Crippen LogP contribution in [0.15, 0.2) is 24.3 Å². The Hall–Kier alpha value is -1.59. The molecule has 2 rings (SSSR count). The fraction of sp³-hybridized carbons (Fsp3) is 0.632. The lowest BCUT2D eigenvalue weighted by Gasteiger charge is -2.37. The van der Waals surface area contributed by atoms with Crippen molar-refractivity contribution in [3.63, 3.8) is 0 Å². The number of carbonyl (C=O) groups is 1. The minimum atomic E-state index is 0.0685. The molecule has 1 amide bonds. The van der Waals surface area contributed by atoms with Crippen LogP contribution in [0.2, 0.25) is 0 Å². The number of nitrogens with one attached hydrogen (secondary N) is 2. The van der Waals surface area contributed by atoms with Crippen molar-refractivity contribution < 1.29 is 14.3 Å². The minimum absolute atomic E-state index is 0.0685. The molecule has 5 nitrogen and oxygen atoms in total. The summed E-state index contributed by atoms with van der Waals surface area (Å²) < 4.78 is 10.6. The molecule has 1 unspecified atom stereocenters. The standard InChI is InChI=1S/C19H30N2O3/c1-15(16-4-6-17(24-3)7-5-16)12-18(22)21-13-19(14-23-2)8-10-20-11-9-19/h4-7,15,20H,8-14H2,1-3H3,(H,21,22). The first-order chi connectivity index (χ1) is 11.6. The third kappa shape index (κ3) is 5.21. The molecule has 1 aliphatic rings. The van der Waals surface area contributed by atoms with Crippen LogP contribution in [-0.4, -0.2) is 46.4 Å². The quantitative estimate of drug-likeness (QED) is 0.766. The SMILES string of the molecule is COCC1(CNC(=O)CC(C)c2ccc(OC)cc2)CCNCC1. The lowest BCUT2D eigenvalue weighted by Crippen LogP contribution is -2.47. The highest BCUT2D eigenvalue weighted by molar-refractivity contribution is 5.76. The van der Waals surface area contributed by atoms with Gasteiger partial charge in [-0.05, 0) is 49.5 Å². The number of piperidine rings is 1. The first-order valence-electron chi connectivity index (χ1n) is 8.69. The summed E-state index contributed by atoms with van der Waals surface area (Å²) in [4.78, 5) is 12.3. The van der Waals surface area contributed by atoms with Crippen LogP contribution >= 0.6 is 0 Å². The average Bonchev–Trinajstić information content (AvgIpc) is 2.61. The van der Waals surface area contributed by atoms with E-state index in [1.807, 2.05) is 24.3 Å². The largest absolute Gasteiger partial charge is 0.497 e. The number of carbonyl (C=O) groups excluding carboxylic acids is 1. The monoisotopic (exact) mass is 334 g/mol. The van der Waals surface area contributed by atoms with E-state index < -0.39 is 0 Å². The molecule has 1 aliphatic heterocycles. The van der Waals surface area contributed by atoms with Gasteiger partial charge in [-0.25, -0.2) is 0 Å². The van der Waals surface area contributed by atoms with Crippen molar-refractivity contribution in [1.29, 1.82) is 0 Å². The Morgan fingerprint density at radius 1 is 1.25 bits per heavy atom. The average molecular weight is 334 g/mol. The Morgan fingerprint density at radius 3 is 2.50 bits per heavy atom. The van der Waals surface area contributed by atoms with Gasteiger partial charge in [0, 0.05) is 25.5 Å². The number of hydrogen-bond donors (Lipinski definition) is 2. The predicted molar refractivity (Wildman–Crippen MR) is 95.4 cm³/mol. The molecule has 134 valence electrons. The molecule has 1 heterocycles. The molecule has 1 saturated heterocycles. The van der Waals surface area contributed by atoms with Crippen molar-refractivity contribution in [2.75, 3.05) is 40.5 Å². The van der Waals surface area contributed by atoms with Gasteiger partial charge < -0.3 is 20.1 Å². The maximum atomic E-state index is 12.3. The second kappa shape index (κ2) is 9.04. The minimum Gasteiger partial charge on any atom is -0.497 e. The van der Waals surface area contributed by atoms with Crippen LogP contribution in [0.25, 0.3) is 0 Å². The summed E-state index contributed by atoms with van der Waals surface area (Å²) in [5.41, 5.74) is 1.22. The summed E-state index contributed by atoms with van der Waals surface area (Å²) in [6, 6.07) is 7.92. The number of hydrogen-bond acceptors (Lipinski definition) is 4. The van der Waals surface area contributed by atoms with Gasteiger partial charge in [-0.15, -0.1) is 0 Å². The van der Waals surface area contributed by atoms with Gasteiger partial charge in [0.15, 0.2) is 0 Å². The van der Waals surface area contributed by atoms with E-state index in [-0.39, 0.29) is 17.2 Å². The zero-order valence-corrected chi connectivity index (χ0v) is 15.1. The second-order valence-corrected chi connectivity index (χ2v) is 6.84. The van der Waals surface area contributed by atoms with Crippen molar-refractivity contribution in [2.45, 2.75) is 32.1 Å². The molecule has 2 N–H and O–H groups in total. The topological polar surface area (TPSA) is 59.6 Å². The normalized spacial score (nSPS) is 18.0. The van der Waals surface area contributed by atoms with Gasteiger partial charge in [-0.1, -0.05) is 19.1 Å². The molecule has 0 bridgehead atoms. The molecular weight excluding hydrogens is 304 g/mol. The Balaban J connectivity index is 1.84. The van der Waals surface area contributed by atoms with E-state index in [2.05, 4.69) is 17.6 Å². The fourth-order valence-electron chi connectivity index (χ4n) is 3.32. The van der Waals surface area contributed by atoms with Gasteiger partial charge in [0.25, 0.3) is 0 Å². The molecule has 0 aromatic heterocycles. The Kier molecular flexibility index (Phi) is 7.06. The van der Waals surface area contributed by atoms with E-state index in [0.29, 0.717) is 19.6 Å². The van der Waals surface area contributed by atoms with Gasteiger partial charge in [0.1, 0.15) is 5.75 Å². The van der Waals surface area contributed by atoms with Crippen LogP contribution in [0.1, 0.15) is 37.7 Å². The molecule has 0 saturated carbocycles. The van der Waals surface area contributed by atoms with E-state index >= 15 is 0 Å². The van der Waals surface area contributed by atoms with Crippen LogP contribution < -0.4 is 15.4 Å². The van der Waals surface area contributed by atoms with E-state index in [0.717, 1.165) is 37.2 Å². The maximum Gasteiger partial charge on any atom is 0.220 e. The Bertz CT molecular complexity index is 504. The van der Waals surface area contributed by atoms with Crippen molar-refractivity contribution >= 4 is 5.91 Å². The summed E-state index contributed by atoms with van der Waals surface area (Å²) in [6.07, 6.45) is 2.57. The fourth-order valence-corrected chi connectivity index (χ4v) is 3.32. The molecule has 0 radical (unpaired) electrons. The van der Waals surface area contributed by atoms with Crippen molar-refractivity contribution in [2.24, 2.45) is 5.41 Å². The zero-order valence-electron chi connectivity index (χ0n) is 15.1. The molecule has 1 atom stereocenters. The van der Waals surface area contributed by atoms with E-state index in [1.165, 1.54) is 0 Å². The van der Waals surface area contributed by atoms with Gasteiger partial charge in [0.2, 0.25) is 5.91 Å². The maximum absolute atomic E-state index is 12.3. The van der Waals surface area contributed by atoms with Gasteiger partial charge in [-0.2, -0.15) is 0 Å². The molecule has 1 aromatic carbocycles. The summed E-state index contributed by atoms with van der Waals surface area (Å²) in [5.74, 6) is 1.12. The summed E-state index contributed by atoms with van der Waals surface area (Å²) in [7, 11) is 3.39. The zero-order chi connectivity index (χ0) is 17.4. The van der Waals surface area contributed by atoms with Crippen molar-refractivity contribution in [3.05, 3.63) is 29.8 Å². The number of rotatable bonds is 8. The molecule has 24 heavy (non-hydrogen) atoms. The van der Waals surface area contributed by atoms with Crippen LogP contribution in [-0.2, 0) is 9.53 Å². The second-order valence-electron chi connectivity index (χ2n) is 6.84. The Morgan fingerprint density at radius 2 is 1.92 bits per heavy atom. The molecular formula is C19H30N2O3. The highest BCUT2D eigenvalue weighted by atomic mass is 16.5. The van der Waals surface area contributed by atoms with Gasteiger partial charge in [0.05, 0.1) is 13.7 Å². The third-order valence-electron chi connectivity index (χ3n) is 4.95. The van der Waals surface area contributed by atoms with Crippen LogP contribution in [0, 0.1) is 5.41 Å². The highest BCUT2D eigenvalue weighted by Crippen LogP contribution is 2.28. The molecule has 1 fully saturated rings. The summed E-state index contributed by atoms with van der Waals surface area (Å²) in [6.45, 7) is 5.44. The van der Waals surface area contributed by atoms with Crippen LogP contribution in [0.3, 0.4) is 0 Å². The van der Waals surface area contributed by atoms with Gasteiger partial charge in [-0.3, -0.25) is 4.79 Å².